The van der Waals surface area contributed by atoms with E-state index < -0.39 is 12.6 Å². The van der Waals surface area contributed by atoms with E-state index in [-0.39, 0.29) is 6.42 Å². The van der Waals surface area contributed by atoms with Crippen molar-refractivity contribution in [3.8, 4) is 0 Å². The molecule has 0 unspecified atom stereocenters. The van der Waals surface area contributed by atoms with Crippen molar-refractivity contribution in [2.45, 2.75) is 38.9 Å². The molecule has 2 N–H and O–H groups in total. The number of thiazole rings is 1. The van der Waals surface area contributed by atoms with Crippen LogP contribution in [0.15, 0.2) is 0 Å². The van der Waals surface area contributed by atoms with Crippen molar-refractivity contribution in [2.75, 3.05) is 0 Å². The molecule has 0 amide bonds. The van der Waals surface area contributed by atoms with Gasteiger partial charge in [-0.1, -0.05) is 6.92 Å². The van der Waals surface area contributed by atoms with Crippen molar-refractivity contribution in [1.82, 2.24) is 4.98 Å². The Kier molecular flexibility index (Phi) is 4.10. The largest absolute Gasteiger partial charge is 0.389 e. The van der Waals surface area contributed by atoms with E-state index in [1.165, 1.54) is 11.3 Å². The van der Waals surface area contributed by atoms with Crippen LogP contribution in [0.4, 0.5) is 13.2 Å². The second kappa shape index (κ2) is 4.94. The van der Waals surface area contributed by atoms with E-state index in [9.17, 15) is 13.2 Å². The Balaban J connectivity index is 2.66. The van der Waals surface area contributed by atoms with Gasteiger partial charge in [-0.3, -0.25) is 0 Å². The van der Waals surface area contributed by atoms with Gasteiger partial charge in [0.25, 0.3) is 0 Å². The first-order valence-electron chi connectivity index (χ1n) is 4.70. The molecule has 0 bridgehead atoms. The van der Waals surface area contributed by atoms with Crippen LogP contribution in [0.3, 0.4) is 0 Å². The van der Waals surface area contributed by atoms with Gasteiger partial charge in [-0.2, -0.15) is 13.2 Å². The molecular formula is C9H13F3N2S. The van der Waals surface area contributed by atoms with Crippen LogP contribution in [0.5, 0.6) is 0 Å². The first-order chi connectivity index (χ1) is 6.96. The molecule has 0 aromatic carbocycles. The van der Waals surface area contributed by atoms with Gasteiger partial charge in [0, 0.05) is 24.3 Å². The van der Waals surface area contributed by atoms with Crippen LogP contribution >= 0.6 is 11.3 Å². The molecular weight excluding hydrogens is 225 g/mol. The van der Waals surface area contributed by atoms with Gasteiger partial charge in [0.05, 0.1) is 10.7 Å². The first-order valence-corrected chi connectivity index (χ1v) is 5.52. The molecule has 6 heteroatoms. The highest BCUT2D eigenvalue weighted by Gasteiger charge is 2.27. The van der Waals surface area contributed by atoms with Crippen LogP contribution in [-0.2, 0) is 19.4 Å². The van der Waals surface area contributed by atoms with E-state index in [4.69, 9.17) is 5.73 Å². The summed E-state index contributed by atoms with van der Waals surface area (Å²) in [5.74, 6) is 0. The van der Waals surface area contributed by atoms with Crippen LogP contribution in [-0.4, -0.2) is 11.2 Å². The summed E-state index contributed by atoms with van der Waals surface area (Å²) in [6.07, 6.45) is -4.25. The second-order valence-electron chi connectivity index (χ2n) is 3.15. The minimum absolute atomic E-state index is 0.0405. The standard InChI is InChI=1S/C9H13F3N2S/c1-2-6-7(5-13)15-8(14-6)3-4-9(10,11)12/h2-5,13H2,1H3. The first kappa shape index (κ1) is 12.4. The summed E-state index contributed by atoms with van der Waals surface area (Å²) in [5.41, 5.74) is 6.30. The Morgan fingerprint density at radius 1 is 1.40 bits per heavy atom. The normalized spacial score (nSPS) is 12.1. The molecule has 1 aromatic heterocycles. The lowest BCUT2D eigenvalue weighted by Crippen LogP contribution is -2.08. The van der Waals surface area contributed by atoms with E-state index in [0.717, 1.165) is 17.0 Å². The molecule has 0 spiro atoms. The molecule has 0 aliphatic heterocycles. The summed E-state index contributed by atoms with van der Waals surface area (Å²) >= 11 is 1.29. The number of nitrogens with two attached hydrogens (primary N) is 1. The zero-order chi connectivity index (χ0) is 11.5. The van der Waals surface area contributed by atoms with Crippen LogP contribution in [0.2, 0.25) is 0 Å². The summed E-state index contributed by atoms with van der Waals surface area (Å²) in [6.45, 7) is 2.27. The van der Waals surface area contributed by atoms with Crippen LogP contribution in [0.25, 0.3) is 0 Å². The van der Waals surface area contributed by atoms with Crippen LogP contribution in [0, 0.1) is 0 Å². The Morgan fingerprint density at radius 3 is 2.47 bits per heavy atom. The Hall–Kier alpha value is -0.620. The maximum atomic E-state index is 12.0. The number of aromatic nitrogens is 1. The lowest BCUT2D eigenvalue weighted by atomic mass is 10.3. The number of hydrogen-bond acceptors (Lipinski definition) is 3. The van der Waals surface area contributed by atoms with Gasteiger partial charge < -0.3 is 5.73 Å². The van der Waals surface area contributed by atoms with Crippen LogP contribution in [0.1, 0.15) is 28.9 Å². The van der Waals surface area contributed by atoms with Crippen molar-refractivity contribution in [3.05, 3.63) is 15.6 Å². The van der Waals surface area contributed by atoms with Gasteiger partial charge in [-0.25, -0.2) is 4.98 Å². The summed E-state index contributed by atoms with van der Waals surface area (Å²) in [6, 6.07) is 0. The molecule has 0 saturated carbocycles. The maximum Gasteiger partial charge on any atom is 0.389 e. The van der Waals surface area contributed by atoms with Gasteiger partial charge in [0.1, 0.15) is 0 Å². The molecule has 0 radical (unpaired) electrons. The zero-order valence-corrected chi connectivity index (χ0v) is 9.21. The Morgan fingerprint density at radius 2 is 2.07 bits per heavy atom. The fraction of sp³-hybridized carbons (Fsp3) is 0.667. The van der Waals surface area contributed by atoms with Crippen molar-refractivity contribution in [3.63, 3.8) is 0 Å². The smallest absolute Gasteiger partial charge is 0.326 e. The molecule has 1 heterocycles. The van der Waals surface area contributed by atoms with Crippen molar-refractivity contribution < 1.29 is 13.2 Å². The average molecular weight is 238 g/mol. The second-order valence-corrected chi connectivity index (χ2v) is 4.32. The number of alkyl halides is 3. The van der Waals surface area contributed by atoms with Crippen LogP contribution < -0.4 is 5.73 Å². The molecule has 0 saturated heterocycles. The van der Waals surface area contributed by atoms with Gasteiger partial charge in [0.2, 0.25) is 0 Å². The van der Waals surface area contributed by atoms with Gasteiger partial charge >= 0.3 is 6.18 Å². The van der Waals surface area contributed by atoms with Gasteiger partial charge in [0.15, 0.2) is 0 Å². The highest BCUT2D eigenvalue weighted by Crippen LogP contribution is 2.25. The van der Waals surface area contributed by atoms with E-state index in [0.29, 0.717) is 11.6 Å². The molecule has 0 atom stereocenters. The van der Waals surface area contributed by atoms with Gasteiger partial charge in [-0.05, 0) is 6.42 Å². The van der Waals surface area contributed by atoms with Crippen molar-refractivity contribution in [1.29, 1.82) is 0 Å². The third-order valence-corrected chi connectivity index (χ3v) is 3.14. The minimum Gasteiger partial charge on any atom is -0.326 e. The number of halogens is 3. The number of nitrogens with zero attached hydrogens (tertiary/aromatic N) is 1. The van der Waals surface area contributed by atoms with E-state index in [2.05, 4.69) is 4.98 Å². The van der Waals surface area contributed by atoms with E-state index in [1.54, 1.807) is 0 Å². The fourth-order valence-corrected chi connectivity index (χ4v) is 2.26. The number of aryl methyl sites for hydroxylation is 2. The lowest BCUT2D eigenvalue weighted by Gasteiger charge is -2.02. The molecule has 1 rings (SSSR count). The maximum absolute atomic E-state index is 12.0. The van der Waals surface area contributed by atoms with Gasteiger partial charge in [-0.15, -0.1) is 11.3 Å². The Labute approximate surface area is 90.3 Å². The fourth-order valence-electron chi connectivity index (χ4n) is 1.23. The highest BCUT2D eigenvalue weighted by molar-refractivity contribution is 7.11. The van der Waals surface area contributed by atoms with E-state index in [1.807, 2.05) is 6.92 Å². The molecule has 2 nitrogen and oxygen atoms in total. The summed E-state index contributed by atoms with van der Waals surface area (Å²) in [5, 5.41) is 0.532. The molecule has 86 valence electrons. The predicted molar refractivity (Wildman–Crippen MR) is 53.8 cm³/mol. The molecule has 0 aliphatic carbocycles. The quantitative estimate of drug-likeness (QED) is 0.875. The number of rotatable bonds is 4. The van der Waals surface area contributed by atoms with Crippen molar-refractivity contribution in [2.24, 2.45) is 5.73 Å². The lowest BCUT2D eigenvalue weighted by molar-refractivity contribution is -0.134. The summed E-state index contributed by atoms with van der Waals surface area (Å²) in [4.78, 5) is 5.04. The Bertz CT molecular complexity index is 298. The van der Waals surface area contributed by atoms with Crippen molar-refractivity contribution >= 4 is 11.3 Å². The molecule has 0 fully saturated rings. The minimum atomic E-state index is -4.11. The monoisotopic (exact) mass is 238 g/mol. The highest BCUT2D eigenvalue weighted by atomic mass is 32.1. The zero-order valence-electron chi connectivity index (χ0n) is 8.40. The topological polar surface area (TPSA) is 38.9 Å². The summed E-state index contributed by atoms with van der Waals surface area (Å²) < 4.78 is 35.9. The molecule has 1 aromatic rings. The van der Waals surface area contributed by atoms with E-state index >= 15 is 0 Å². The predicted octanol–water partition coefficient (Wildman–Crippen LogP) is 2.66. The third-order valence-electron chi connectivity index (χ3n) is 1.97. The molecule has 15 heavy (non-hydrogen) atoms. The number of hydrogen-bond donors (Lipinski definition) is 1. The average Bonchev–Trinajstić information content (AvgIpc) is 2.56. The third kappa shape index (κ3) is 3.79. The SMILES string of the molecule is CCc1nc(CCC(F)(F)F)sc1CN. The molecule has 0 aliphatic rings. The summed E-state index contributed by atoms with van der Waals surface area (Å²) in [7, 11) is 0.